The van der Waals surface area contributed by atoms with E-state index in [1.165, 1.54) is 22.9 Å². The van der Waals surface area contributed by atoms with Gasteiger partial charge in [-0.05, 0) is 23.8 Å². The number of nitrogens with two attached hydrogens (primary N) is 1. The smallest absolute Gasteiger partial charge is 0.252 e. The van der Waals surface area contributed by atoms with Crippen molar-refractivity contribution >= 4 is 27.3 Å². The normalized spacial score (nSPS) is 11.4. The molecule has 2 aromatic rings. The number of aromatic nitrogens is 1. The third-order valence-electron chi connectivity index (χ3n) is 3.14. The van der Waals surface area contributed by atoms with Gasteiger partial charge in [-0.15, -0.1) is 0 Å². The highest BCUT2D eigenvalue weighted by Gasteiger charge is 2.16. The Morgan fingerprint density at radius 2 is 2.04 bits per heavy atom. The molecule has 1 aromatic heterocycles. The quantitative estimate of drug-likeness (QED) is 0.861. The van der Waals surface area contributed by atoms with E-state index in [4.69, 9.17) is 22.7 Å². The van der Waals surface area contributed by atoms with Crippen LogP contribution in [0.15, 0.2) is 35.4 Å². The van der Waals surface area contributed by atoms with Crippen molar-refractivity contribution in [1.82, 2.24) is 4.57 Å². The highest BCUT2D eigenvalue weighted by atomic mass is 35.5. The molecule has 0 atom stereocenters. The average molecular weight is 358 g/mol. The van der Waals surface area contributed by atoms with Crippen LogP contribution in [-0.2, 0) is 16.4 Å². The molecule has 9 heteroatoms. The highest BCUT2D eigenvalue weighted by molar-refractivity contribution is 7.90. The Hall–Kier alpha value is -2.19. The lowest BCUT2D eigenvalue weighted by Crippen LogP contribution is -2.30. The first kappa shape index (κ1) is 17.2. The molecule has 0 spiro atoms. The van der Waals surface area contributed by atoms with Crippen LogP contribution < -0.4 is 11.2 Å². The predicted octanol–water partition coefficient (Wildman–Crippen LogP) is 1.31. The molecule has 1 heterocycles. The van der Waals surface area contributed by atoms with Crippen LogP contribution in [0.3, 0.4) is 0 Å². The Morgan fingerprint density at radius 1 is 1.39 bits per heavy atom. The number of carbonyl (C=O) groups excluding carboxylic acids is 1. The van der Waals surface area contributed by atoms with Crippen LogP contribution in [0, 0.1) is 11.2 Å². The zero-order chi connectivity index (χ0) is 17.4. The summed E-state index contributed by atoms with van der Waals surface area (Å²) in [5, 5.41) is 8.14. The molecule has 0 bridgehead atoms. The van der Waals surface area contributed by atoms with Crippen LogP contribution >= 0.6 is 11.6 Å². The van der Waals surface area contributed by atoms with E-state index in [1.54, 1.807) is 0 Å². The number of nitrogens with one attached hydrogen (secondary N) is 1. The van der Waals surface area contributed by atoms with Crippen LogP contribution in [0.4, 0.5) is 4.39 Å². The van der Waals surface area contributed by atoms with Crippen molar-refractivity contribution in [2.45, 2.75) is 11.4 Å². The molecule has 1 amide bonds. The summed E-state index contributed by atoms with van der Waals surface area (Å²) in [5.41, 5.74) is 5.14. The van der Waals surface area contributed by atoms with E-state index in [2.05, 4.69) is 0 Å². The van der Waals surface area contributed by atoms with Crippen LogP contribution in [0.5, 0.6) is 0 Å². The van der Waals surface area contributed by atoms with E-state index >= 15 is 0 Å². The molecular weight excluding hydrogens is 345 g/mol. The molecule has 0 aliphatic heterocycles. The SMILES string of the molecule is CS(=O)(=O)c1cc(F)ccc1Cn1cc(Cl)cc(C(N)=O)c1=N. The summed E-state index contributed by atoms with van der Waals surface area (Å²) >= 11 is 5.90. The third kappa shape index (κ3) is 3.77. The molecule has 23 heavy (non-hydrogen) atoms. The van der Waals surface area contributed by atoms with Gasteiger partial charge in [-0.3, -0.25) is 10.2 Å². The van der Waals surface area contributed by atoms with Gasteiger partial charge in [-0.25, -0.2) is 12.8 Å². The van der Waals surface area contributed by atoms with Crippen molar-refractivity contribution in [2.75, 3.05) is 6.26 Å². The molecule has 0 radical (unpaired) electrons. The lowest BCUT2D eigenvalue weighted by atomic mass is 10.2. The Bertz CT molecular complexity index is 954. The molecule has 0 aliphatic rings. The van der Waals surface area contributed by atoms with Gasteiger partial charge in [0, 0.05) is 12.5 Å². The number of carbonyl (C=O) groups is 1. The standard InChI is InChI=1S/C14H13ClFN3O3S/c1-23(21,22)12-5-10(16)3-2-8(12)6-19-7-9(15)4-11(13(19)17)14(18)20/h2-5,7,17H,6H2,1H3,(H2,18,20). The zero-order valence-corrected chi connectivity index (χ0v) is 13.6. The van der Waals surface area contributed by atoms with Gasteiger partial charge in [0.1, 0.15) is 11.3 Å². The lowest BCUT2D eigenvalue weighted by Gasteiger charge is -2.13. The maximum Gasteiger partial charge on any atom is 0.252 e. The first-order valence-corrected chi connectivity index (χ1v) is 8.59. The summed E-state index contributed by atoms with van der Waals surface area (Å²) in [6.07, 6.45) is 2.33. The molecule has 0 aliphatic carbocycles. The number of sulfone groups is 1. The first-order valence-electron chi connectivity index (χ1n) is 6.32. The van der Waals surface area contributed by atoms with Crippen molar-refractivity contribution in [3.05, 3.63) is 57.9 Å². The molecule has 0 saturated carbocycles. The number of primary amides is 1. The number of amides is 1. The number of nitrogens with zero attached hydrogens (tertiary/aromatic N) is 1. The zero-order valence-electron chi connectivity index (χ0n) is 12.0. The van der Waals surface area contributed by atoms with Gasteiger partial charge in [0.05, 0.1) is 22.0 Å². The summed E-state index contributed by atoms with van der Waals surface area (Å²) in [7, 11) is -3.66. The van der Waals surface area contributed by atoms with E-state index in [9.17, 15) is 17.6 Å². The molecule has 0 fully saturated rings. The van der Waals surface area contributed by atoms with Gasteiger partial charge in [0.25, 0.3) is 5.91 Å². The fraction of sp³-hybridized carbons (Fsp3) is 0.143. The first-order chi connectivity index (χ1) is 10.6. The molecular formula is C14H13ClFN3O3S. The Kier molecular flexibility index (Phi) is 4.58. The molecule has 6 nitrogen and oxygen atoms in total. The van der Waals surface area contributed by atoms with Crippen molar-refractivity contribution in [3.63, 3.8) is 0 Å². The molecule has 1 aromatic carbocycles. The molecule has 0 saturated heterocycles. The fourth-order valence-electron chi connectivity index (χ4n) is 2.11. The van der Waals surface area contributed by atoms with Crippen LogP contribution in [0.25, 0.3) is 0 Å². The maximum atomic E-state index is 13.3. The number of halogens is 2. The van der Waals surface area contributed by atoms with E-state index in [1.807, 2.05) is 0 Å². The molecule has 0 unspecified atom stereocenters. The summed E-state index contributed by atoms with van der Waals surface area (Å²) < 4.78 is 38.2. The minimum Gasteiger partial charge on any atom is -0.365 e. The van der Waals surface area contributed by atoms with Crippen molar-refractivity contribution in [1.29, 1.82) is 5.41 Å². The number of pyridine rings is 1. The second kappa shape index (κ2) is 6.13. The largest absolute Gasteiger partial charge is 0.365 e. The molecule has 2 rings (SSSR count). The lowest BCUT2D eigenvalue weighted by molar-refractivity contribution is 0.0997. The summed E-state index contributed by atoms with van der Waals surface area (Å²) in [5.74, 6) is -1.51. The second-order valence-corrected chi connectivity index (χ2v) is 7.36. The van der Waals surface area contributed by atoms with Gasteiger partial charge in [0.15, 0.2) is 9.84 Å². The molecule has 3 N–H and O–H groups in total. The van der Waals surface area contributed by atoms with E-state index in [0.29, 0.717) is 0 Å². The fourth-order valence-corrected chi connectivity index (χ4v) is 3.27. The minimum absolute atomic E-state index is 0.0810. The number of hydrogen-bond acceptors (Lipinski definition) is 4. The highest BCUT2D eigenvalue weighted by Crippen LogP contribution is 2.19. The van der Waals surface area contributed by atoms with E-state index in [-0.39, 0.29) is 33.1 Å². The Balaban J connectivity index is 2.62. The van der Waals surface area contributed by atoms with Crippen molar-refractivity contribution < 1.29 is 17.6 Å². The maximum absolute atomic E-state index is 13.3. The third-order valence-corrected chi connectivity index (χ3v) is 4.52. The van der Waals surface area contributed by atoms with Gasteiger partial charge in [-0.1, -0.05) is 17.7 Å². The minimum atomic E-state index is -3.66. The monoisotopic (exact) mass is 357 g/mol. The average Bonchev–Trinajstić information content (AvgIpc) is 2.42. The summed E-state index contributed by atoms with van der Waals surface area (Å²) in [6, 6.07) is 4.59. The van der Waals surface area contributed by atoms with Crippen LogP contribution in [0.1, 0.15) is 15.9 Å². The summed E-state index contributed by atoms with van der Waals surface area (Å²) in [6.45, 7) is -0.0810. The molecule has 122 valence electrons. The van der Waals surface area contributed by atoms with Crippen molar-refractivity contribution in [3.8, 4) is 0 Å². The number of benzene rings is 1. The Morgan fingerprint density at radius 3 is 2.61 bits per heavy atom. The van der Waals surface area contributed by atoms with Crippen molar-refractivity contribution in [2.24, 2.45) is 5.73 Å². The van der Waals surface area contributed by atoms with E-state index < -0.39 is 21.6 Å². The summed E-state index contributed by atoms with van der Waals surface area (Å²) in [4.78, 5) is 11.1. The topological polar surface area (TPSA) is 106 Å². The number of rotatable bonds is 4. The predicted molar refractivity (Wildman–Crippen MR) is 82.4 cm³/mol. The van der Waals surface area contributed by atoms with Gasteiger partial charge in [0.2, 0.25) is 0 Å². The Labute approximate surface area is 136 Å². The van der Waals surface area contributed by atoms with Gasteiger partial charge >= 0.3 is 0 Å². The second-order valence-electron chi connectivity index (χ2n) is 4.94. The van der Waals surface area contributed by atoms with E-state index in [0.717, 1.165) is 18.4 Å². The van der Waals surface area contributed by atoms with Crippen LogP contribution in [-0.4, -0.2) is 25.1 Å². The number of hydrogen-bond donors (Lipinski definition) is 2. The van der Waals surface area contributed by atoms with Gasteiger partial charge in [-0.2, -0.15) is 0 Å². The van der Waals surface area contributed by atoms with Gasteiger partial charge < -0.3 is 10.3 Å². The van der Waals surface area contributed by atoms with Crippen LogP contribution in [0.2, 0.25) is 5.02 Å².